The van der Waals surface area contributed by atoms with Crippen LogP contribution in [0.2, 0.25) is 0 Å². The number of methoxy groups -OCH3 is 2. The molecule has 1 fully saturated rings. The van der Waals surface area contributed by atoms with Gasteiger partial charge in [0.15, 0.2) is 33.0 Å². The molecule has 0 amide bonds. The first-order chi connectivity index (χ1) is 20.2. The molecule has 0 N–H and O–H groups in total. The van der Waals surface area contributed by atoms with Crippen molar-refractivity contribution in [1.29, 1.82) is 0 Å². The minimum absolute atomic E-state index is 0.0900. The van der Waals surface area contributed by atoms with Crippen LogP contribution >= 0.6 is 0 Å². The Balaban J connectivity index is 1.56. The number of halogens is 1. The van der Waals surface area contributed by atoms with Gasteiger partial charge in [-0.3, -0.25) is 4.57 Å². The molecular weight excluding hydrogens is 567 g/mol. The van der Waals surface area contributed by atoms with Crippen LogP contribution in [0.4, 0.5) is 10.3 Å². The van der Waals surface area contributed by atoms with Gasteiger partial charge in [0, 0.05) is 18.7 Å². The minimum atomic E-state index is -3.89. The van der Waals surface area contributed by atoms with Gasteiger partial charge in [-0.2, -0.15) is 9.97 Å². The quantitative estimate of drug-likeness (QED) is 0.264. The zero-order valence-electron chi connectivity index (χ0n) is 23.6. The Morgan fingerprint density at radius 2 is 1.64 bits per heavy atom. The molecule has 42 heavy (non-hydrogen) atoms. The summed E-state index contributed by atoms with van der Waals surface area (Å²) in [6, 6.07) is 9.19. The van der Waals surface area contributed by atoms with Gasteiger partial charge in [-0.25, -0.2) is 22.8 Å². The van der Waals surface area contributed by atoms with E-state index in [9.17, 15) is 12.8 Å². The molecule has 1 saturated heterocycles. The van der Waals surface area contributed by atoms with E-state index in [1.165, 1.54) is 20.5 Å². The summed E-state index contributed by atoms with van der Waals surface area (Å²) in [6.45, 7) is 4.22. The van der Waals surface area contributed by atoms with E-state index < -0.39 is 32.8 Å². The predicted molar refractivity (Wildman–Crippen MR) is 151 cm³/mol. The maximum absolute atomic E-state index is 14.1. The maximum atomic E-state index is 14.1. The van der Waals surface area contributed by atoms with E-state index >= 15 is 0 Å². The molecule has 222 valence electrons. The number of benzene rings is 1. The van der Waals surface area contributed by atoms with Gasteiger partial charge in [0.1, 0.15) is 12.1 Å². The minimum Gasteiger partial charge on any atom is -0.479 e. The highest BCUT2D eigenvalue weighted by atomic mass is 32.2. The molecule has 1 aliphatic rings. The second kappa shape index (κ2) is 12.3. The van der Waals surface area contributed by atoms with Crippen LogP contribution < -0.4 is 14.4 Å². The monoisotopic (exact) mass is 598 g/mol. The first-order valence-corrected chi connectivity index (χ1v) is 14.9. The highest BCUT2D eigenvalue weighted by Gasteiger charge is 2.39. The predicted octanol–water partition coefficient (Wildman–Crippen LogP) is 2.66. The third kappa shape index (κ3) is 6.16. The van der Waals surface area contributed by atoms with Crippen molar-refractivity contribution in [2.75, 3.05) is 32.2 Å². The smallest absolute Gasteiger partial charge is 0.245 e. The molecule has 1 aliphatic heterocycles. The van der Waals surface area contributed by atoms with Crippen LogP contribution in [0.3, 0.4) is 0 Å². The van der Waals surface area contributed by atoms with Crippen LogP contribution in [0.1, 0.15) is 26.1 Å². The van der Waals surface area contributed by atoms with Crippen molar-refractivity contribution < 1.29 is 27.0 Å². The van der Waals surface area contributed by atoms with Gasteiger partial charge in [0.05, 0.1) is 44.1 Å². The first-order valence-electron chi connectivity index (χ1n) is 13.2. The Bertz CT molecular complexity index is 1600. The highest BCUT2D eigenvalue weighted by Crippen LogP contribution is 2.34. The molecule has 2 atom stereocenters. The van der Waals surface area contributed by atoms with Crippen LogP contribution in [0, 0.1) is 5.82 Å². The van der Waals surface area contributed by atoms with E-state index in [0.717, 1.165) is 12.4 Å². The molecule has 4 aromatic rings. The summed E-state index contributed by atoms with van der Waals surface area (Å²) in [7, 11) is -1.01. The fourth-order valence-corrected chi connectivity index (χ4v) is 6.64. The molecule has 0 spiro atoms. The lowest BCUT2D eigenvalue weighted by atomic mass is 10.1. The van der Waals surface area contributed by atoms with E-state index in [1.54, 1.807) is 9.47 Å². The van der Waals surface area contributed by atoms with E-state index in [1.807, 2.05) is 44.2 Å². The van der Waals surface area contributed by atoms with Gasteiger partial charge in [-0.05, 0) is 20.3 Å². The maximum Gasteiger partial charge on any atom is 0.245 e. The lowest BCUT2D eigenvalue weighted by molar-refractivity contribution is 0.00143. The molecule has 13 nitrogen and oxygen atoms in total. The molecule has 15 heteroatoms. The normalized spacial score (nSPS) is 17.4. The molecule has 3 aromatic heterocycles. The summed E-state index contributed by atoms with van der Waals surface area (Å²) < 4.78 is 60.3. The molecule has 0 radical (unpaired) electrons. The fraction of sp³-hybridized carbons (Fsp3) is 0.407. The zero-order valence-corrected chi connectivity index (χ0v) is 24.4. The second-order valence-electron chi connectivity index (χ2n) is 9.96. The van der Waals surface area contributed by atoms with Crippen molar-refractivity contribution in [3.05, 3.63) is 60.7 Å². The van der Waals surface area contributed by atoms with Gasteiger partial charge >= 0.3 is 0 Å². The van der Waals surface area contributed by atoms with Crippen molar-refractivity contribution >= 4 is 15.8 Å². The average molecular weight is 599 g/mol. The van der Waals surface area contributed by atoms with Gasteiger partial charge in [-0.15, -0.1) is 10.2 Å². The third-order valence-electron chi connectivity index (χ3n) is 6.69. The Kier molecular flexibility index (Phi) is 8.59. The molecule has 0 aliphatic carbocycles. The summed E-state index contributed by atoms with van der Waals surface area (Å²) in [5.41, 5.74) is 0.951. The Morgan fingerprint density at radius 1 is 0.976 bits per heavy atom. The van der Waals surface area contributed by atoms with Gasteiger partial charge < -0.3 is 19.1 Å². The van der Waals surface area contributed by atoms with Crippen molar-refractivity contribution in [3.8, 4) is 28.8 Å². The van der Waals surface area contributed by atoms with E-state index in [0.29, 0.717) is 17.9 Å². The Labute approximate surface area is 242 Å². The summed E-state index contributed by atoms with van der Waals surface area (Å²) in [5, 5.41) is 7.80. The van der Waals surface area contributed by atoms with Crippen molar-refractivity contribution in [2.45, 2.75) is 43.5 Å². The summed E-state index contributed by atoms with van der Waals surface area (Å²) in [5.74, 6) is -0.0424. The number of piperidine rings is 1. The topological polar surface area (TPSA) is 147 Å². The molecule has 1 aromatic carbocycles. The van der Waals surface area contributed by atoms with E-state index in [4.69, 9.17) is 14.2 Å². The molecule has 5 rings (SSSR count). The number of aromatic nitrogens is 7. The average Bonchev–Trinajstić information content (AvgIpc) is 3.39. The number of sulfone groups is 1. The lowest BCUT2D eigenvalue weighted by Crippen LogP contribution is -2.51. The van der Waals surface area contributed by atoms with Crippen LogP contribution in [0.25, 0.3) is 17.1 Å². The number of anilines is 1. The number of hydrogen-bond donors (Lipinski definition) is 0. The Morgan fingerprint density at radius 3 is 2.26 bits per heavy atom. The van der Waals surface area contributed by atoms with E-state index in [2.05, 4.69) is 30.1 Å². The zero-order chi connectivity index (χ0) is 29.9. The van der Waals surface area contributed by atoms with Crippen LogP contribution in [-0.4, -0.2) is 87.9 Å². The number of hydrogen-bond acceptors (Lipinski definition) is 12. The Hall–Kier alpha value is -4.24. The standard InChI is InChI=1S/C27H31FN8O5S/c1-17(2)41-20-10-21(14-35(13-20)27-29-11-19(28)12-30-27)42(37,38)15-22-33-34-24(18-8-6-5-7-9-18)36(22)23-25(39-3)31-16-32-26(23)40-4/h5-9,11-12,16-17,20-21H,10,13-15H2,1-4H3/t20-,21+/m1/s1. The van der Waals surface area contributed by atoms with Crippen LogP contribution in [0.15, 0.2) is 49.1 Å². The summed E-state index contributed by atoms with van der Waals surface area (Å²) in [4.78, 5) is 18.3. The molecule has 0 bridgehead atoms. The van der Waals surface area contributed by atoms with E-state index in [-0.39, 0.29) is 48.3 Å². The van der Waals surface area contributed by atoms with Gasteiger partial charge in [-0.1, -0.05) is 30.3 Å². The highest BCUT2D eigenvalue weighted by molar-refractivity contribution is 7.91. The van der Waals surface area contributed by atoms with Gasteiger partial charge in [0.25, 0.3) is 0 Å². The van der Waals surface area contributed by atoms with Crippen LogP contribution in [0.5, 0.6) is 11.8 Å². The van der Waals surface area contributed by atoms with Crippen molar-refractivity contribution in [1.82, 2.24) is 34.7 Å². The van der Waals surface area contributed by atoms with Crippen molar-refractivity contribution in [2.24, 2.45) is 0 Å². The lowest BCUT2D eigenvalue weighted by Gasteiger charge is -2.38. The largest absolute Gasteiger partial charge is 0.479 e. The SMILES string of the molecule is COc1ncnc(OC)c1-n1c(CS(=O)(=O)[C@H]2C[C@@H](OC(C)C)CN(c3ncc(F)cn3)C2)nnc1-c1ccccc1. The first kappa shape index (κ1) is 29.3. The van der Waals surface area contributed by atoms with Crippen LogP contribution in [-0.2, 0) is 20.3 Å². The second-order valence-corrected chi connectivity index (χ2v) is 12.2. The van der Waals surface area contributed by atoms with Crippen molar-refractivity contribution in [3.63, 3.8) is 0 Å². The number of rotatable bonds is 10. The molecular formula is C27H31FN8O5S. The van der Waals surface area contributed by atoms with Gasteiger partial charge in [0.2, 0.25) is 17.7 Å². The summed E-state index contributed by atoms with van der Waals surface area (Å²) in [6.07, 6.45) is 3.07. The molecule has 0 unspecified atom stereocenters. The number of nitrogens with zero attached hydrogens (tertiary/aromatic N) is 8. The number of ether oxygens (including phenoxy) is 3. The third-order valence-corrected chi connectivity index (χ3v) is 8.71. The molecule has 0 saturated carbocycles. The molecule has 4 heterocycles. The fourth-order valence-electron chi connectivity index (χ4n) is 4.94. The summed E-state index contributed by atoms with van der Waals surface area (Å²) >= 11 is 0.